The van der Waals surface area contributed by atoms with Crippen molar-refractivity contribution in [2.45, 2.75) is 6.92 Å². The molecule has 0 spiro atoms. The summed E-state index contributed by atoms with van der Waals surface area (Å²) in [6, 6.07) is 4.94. The number of rotatable bonds is 1. The molecule has 0 saturated heterocycles. The number of halogens is 1. The van der Waals surface area contributed by atoms with Gasteiger partial charge in [-0.3, -0.25) is 4.79 Å². The number of primary amides is 1. The van der Waals surface area contributed by atoms with Crippen molar-refractivity contribution < 1.29 is 4.79 Å². The molecule has 1 amide bonds. The third-order valence-electron chi connectivity index (χ3n) is 1.44. The van der Waals surface area contributed by atoms with Crippen molar-refractivity contribution >= 4 is 17.5 Å². The van der Waals surface area contributed by atoms with E-state index in [2.05, 4.69) is 0 Å². The number of hydrogen-bond donors (Lipinski definition) is 1. The van der Waals surface area contributed by atoms with Crippen molar-refractivity contribution in [2.75, 3.05) is 0 Å². The first-order valence-electron chi connectivity index (χ1n) is 3.17. The van der Waals surface area contributed by atoms with Crippen LogP contribution in [0.4, 0.5) is 0 Å². The van der Waals surface area contributed by atoms with Gasteiger partial charge in [0.15, 0.2) is 0 Å². The number of nitrogens with two attached hydrogens (primary N) is 1. The fourth-order valence-electron chi connectivity index (χ4n) is 0.798. The van der Waals surface area contributed by atoms with Crippen LogP contribution in [0.2, 0.25) is 5.02 Å². The molecule has 0 unspecified atom stereocenters. The zero-order chi connectivity index (χ0) is 8.43. The minimum absolute atomic E-state index is 0.426. The SMILES string of the molecule is Cc1cc(C(N)=O)ccc1Cl. The van der Waals surface area contributed by atoms with Crippen molar-refractivity contribution in [2.24, 2.45) is 5.73 Å². The smallest absolute Gasteiger partial charge is 0.248 e. The Labute approximate surface area is 70.0 Å². The first kappa shape index (κ1) is 8.08. The second kappa shape index (κ2) is 2.93. The molecule has 3 heteroatoms. The Morgan fingerprint density at radius 3 is 2.64 bits per heavy atom. The Bertz CT molecular complexity index is 296. The Hall–Kier alpha value is -1.02. The highest BCUT2D eigenvalue weighted by molar-refractivity contribution is 6.31. The van der Waals surface area contributed by atoms with E-state index in [4.69, 9.17) is 17.3 Å². The number of carbonyl (C=O) groups is 1. The minimum atomic E-state index is -0.426. The van der Waals surface area contributed by atoms with Gasteiger partial charge >= 0.3 is 0 Å². The lowest BCUT2D eigenvalue weighted by Crippen LogP contribution is -2.10. The van der Waals surface area contributed by atoms with E-state index in [0.29, 0.717) is 10.6 Å². The van der Waals surface area contributed by atoms with Gasteiger partial charge in [-0.05, 0) is 30.7 Å². The molecule has 0 aliphatic rings. The maximum absolute atomic E-state index is 10.6. The summed E-state index contributed by atoms with van der Waals surface area (Å²) < 4.78 is 0. The van der Waals surface area contributed by atoms with Crippen LogP contribution in [0, 0.1) is 6.92 Å². The molecule has 0 aliphatic carbocycles. The largest absolute Gasteiger partial charge is 0.366 e. The third-order valence-corrected chi connectivity index (χ3v) is 1.87. The van der Waals surface area contributed by atoms with Gasteiger partial charge in [0.25, 0.3) is 0 Å². The van der Waals surface area contributed by atoms with Crippen molar-refractivity contribution in [3.05, 3.63) is 34.3 Å². The molecule has 1 aromatic rings. The summed E-state index contributed by atoms with van der Waals surface area (Å²) in [4.78, 5) is 10.6. The van der Waals surface area contributed by atoms with Crippen LogP contribution in [0.5, 0.6) is 0 Å². The van der Waals surface area contributed by atoms with E-state index in [1.54, 1.807) is 18.2 Å². The third kappa shape index (κ3) is 1.71. The normalized spacial score (nSPS) is 9.64. The van der Waals surface area contributed by atoms with Crippen LogP contribution in [0.15, 0.2) is 18.2 Å². The maximum Gasteiger partial charge on any atom is 0.248 e. The molecule has 0 fully saturated rings. The standard InChI is InChI=1S/C8H8ClNO/c1-5-4-6(8(10)11)2-3-7(5)9/h2-4H,1H3,(H2,10,11). The topological polar surface area (TPSA) is 43.1 Å². The first-order valence-corrected chi connectivity index (χ1v) is 3.55. The highest BCUT2D eigenvalue weighted by Gasteiger charge is 2.01. The fourth-order valence-corrected chi connectivity index (χ4v) is 0.916. The highest BCUT2D eigenvalue weighted by atomic mass is 35.5. The van der Waals surface area contributed by atoms with Crippen LogP contribution in [-0.2, 0) is 0 Å². The first-order chi connectivity index (χ1) is 5.11. The van der Waals surface area contributed by atoms with Crippen LogP contribution < -0.4 is 5.73 Å². The minimum Gasteiger partial charge on any atom is -0.366 e. The monoisotopic (exact) mass is 169 g/mol. The molecule has 2 nitrogen and oxygen atoms in total. The average molecular weight is 170 g/mol. The zero-order valence-electron chi connectivity index (χ0n) is 6.10. The Morgan fingerprint density at radius 2 is 2.18 bits per heavy atom. The van der Waals surface area contributed by atoms with E-state index in [1.807, 2.05) is 6.92 Å². The lowest BCUT2D eigenvalue weighted by atomic mass is 10.1. The van der Waals surface area contributed by atoms with Gasteiger partial charge in [-0.25, -0.2) is 0 Å². The van der Waals surface area contributed by atoms with E-state index in [-0.39, 0.29) is 0 Å². The summed E-state index contributed by atoms with van der Waals surface area (Å²) in [5, 5.41) is 0.648. The molecule has 58 valence electrons. The molecule has 0 radical (unpaired) electrons. The fraction of sp³-hybridized carbons (Fsp3) is 0.125. The van der Waals surface area contributed by atoms with Gasteiger partial charge in [0.2, 0.25) is 5.91 Å². The average Bonchev–Trinajstić information content (AvgIpc) is 1.94. The molecule has 0 heterocycles. The number of aryl methyl sites for hydroxylation is 1. The van der Waals surface area contributed by atoms with Crippen LogP contribution in [0.1, 0.15) is 15.9 Å². The quantitative estimate of drug-likeness (QED) is 0.684. The van der Waals surface area contributed by atoms with Gasteiger partial charge in [0.05, 0.1) is 0 Å². The van der Waals surface area contributed by atoms with Gasteiger partial charge < -0.3 is 5.73 Å². The van der Waals surface area contributed by atoms with Crippen LogP contribution in [0.25, 0.3) is 0 Å². The Kier molecular flexibility index (Phi) is 2.15. The molecule has 0 saturated carbocycles. The summed E-state index contributed by atoms with van der Waals surface area (Å²) in [7, 11) is 0. The molecule has 0 bridgehead atoms. The van der Waals surface area contributed by atoms with Crippen molar-refractivity contribution in [3.8, 4) is 0 Å². The van der Waals surface area contributed by atoms with Gasteiger partial charge in [0, 0.05) is 10.6 Å². The van der Waals surface area contributed by atoms with E-state index >= 15 is 0 Å². The van der Waals surface area contributed by atoms with Crippen LogP contribution in [0.3, 0.4) is 0 Å². The van der Waals surface area contributed by atoms with Gasteiger partial charge in [0.1, 0.15) is 0 Å². The van der Waals surface area contributed by atoms with Gasteiger partial charge in [-0.15, -0.1) is 0 Å². The van der Waals surface area contributed by atoms with E-state index < -0.39 is 5.91 Å². The summed E-state index contributed by atoms with van der Waals surface area (Å²) >= 11 is 5.73. The van der Waals surface area contributed by atoms with Gasteiger partial charge in [-0.1, -0.05) is 11.6 Å². The van der Waals surface area contributed by atoms with E-state index in [0.717, 1.165) is 5.56 Å². The molecule has 0 aliphatic heterocycles. The Balaban J connectivity index is 3.15. The van der Waals surface area contributed by atoms with Gasteiger partial charge in [-0.2, -0.15) is 0 Å². The molecule has 2 N–H and O–H groups in total. The van der Waals surface area contributed by atoms with Crippen molar-refractivity contribution in [1.29, 1.82) is 0 Å². The molecule has 11 heavy (non-hydrogen) atoms. The predicted octanol–water partition coefficient (Wildman–Crippen LogP) is 1.75. The lowest BCUT2D eigenvalue weighted by Gasteiger charge is -1.98. The number of amides is 1. The molecular formula is C8H8ClNO. The van der Waals surface area contributed by atoms with Crippen LogP contribution in [-0.4, -0.2) is 5.91 Å². The summed E-state index contributed by atoms with van der Waals surface area (Å²) in [6.07, 6.45) is 0. The second-order valence-corrected chi connectivity index (χ2v) is 2.74. The van der Waals surface area contributed by atoms with Crippen molar-refractivity contribution in [1.82, 2.24) is 0 Å². The number of hydrogen-bond acceptors (Lipinski definition) is 1. The summed E-state index contributed by atoms with van der Waals surface area (Å²) in [6.45, 7) is 1.83. The highest BCUT2D eigenvalue weighted by Crippen LogP contribution is 2.15. The van der Waals surface area contributed by atoms with E-state index in [1.165, 1.54) is 0 Å². The molecular weight excluding hydrogens is 162 g/mol. The summed E-state index contributed by atoms with van der Waals surface area (Å²) in [5.74, 6) is -0.426. The number of benzene rings is 1. The number of carbonyl (C=O) groups excluding carboxylic acids is 1. The lowest BCUT2D eigenvalue weighted by molar-refractivity contribution is 0.1000. The Morgan fingerprint density at radius 1 is 1.55 bits per heavy atom. The van der Waals surface area contributed by atoms with Crippen molar-refractivity contribution in [3.63, 3.8) is 0 Å². The van der Waals surface area contributed by atoms with E-state index in [9.17, 15) is 4.79 Å². The van der Waals surface area contributed by atoms with Crippen LogP contribution >= 0.6 is 11.6 Å². The second-order valence-electron chi connectivity index (χ2n) is 2.33. The maximum atomic E-state index is 10.6. The zero-order valence-corrected chi connectivity index (χ0v) is 6.85. The molecule has 0 aromatic heterocycles. The molecule has 0 atom stereocenters. The summed E-state index contributed by atoms with van der Waals surface area (Å²) in [5.41, 5.74) is 6.41. The molecule has 1 aromatic carbocycles. The predicted molar refractivity (Wildman–Crippen MR) is 44.7 cm³/mol. The molecule has 1 rings (SSSR count).